The molecule has 0 aliphatic carbocycles. The molecule has 0 bridgehead atoms. The molecule has 0 fully saturated rings. The fourth-order valence-corrected chi connectivity index (χ4v) is 2.39. The summed E-state index contributed by atoms with van der Waals surface area (Å²) in [5.74, 6) is 1.17. The Hall–Kier alpha value is -2.55. The highest BCUT2D eigenvalue weighted by atomic mass is 16.5. The molecule has 0 aliphatic heterocycles. The van der Waals surface area contributed by atoms with Crippen molar-refractivity contribution >= 4 is 6.29 Å². The van der Waals surface area contributed by atoms with Crippen LogP contribution in [0.2, 0.25) is 0 Å². The zero-order valence-electron chi connectivity index (χ0n) is 16.3. The lowest BCUT2D eigenvalue weighted by Crippen LogP contribution is -2.13. The van der Waals surface area contributed by atoms with E-state index in [1.165, 1.54) is 5.56 Å². The van der Waals surface area contributed by atoms with Gasteiger partial charge in [-0.15, -0.1) is 0 Å². The molecule has 3 heteroatoms. The third-order valence-corrected chi connectivity index (χ3v) is 4.29. The maximum absolute atomic E-state index is 11.1. The van der Waals surface area contributed by atoms with E-state index < -0.39 is 0 Å². The van der Waals surface area contributed by atoms with E-state index in [4.69, 9.17) is 9.47 Å². The molecule has 0 aromatic heterocycles. The first kappa shape index (κ1) is 19.8. The van der Waals surface area contributed by atoms with Crippen molar-refractivity contribution < 1.29 is 14.3 Å². The lowest BCUT2D eigenvalue weighted by Gasteiger charge is -2.20. The first-order valence-electron chi connectivity index (χ1n) is 8.84. The van der Waals surface area contributed by atoms with Crippen molar-refractivity contribution in [2.24, 2.45) is 0 Å². The molecular formula is C23H28O3. The van der Waals surface area contributed by atoms with E-state index >= 15 is 0 Å². The molecule has 0 heterocycles. The van der Waals surface area contributed by atoms with Gasteiger partial charge in [0.25, 0.3) is 0 Å². The predicted octanol–water partition coefficient (Wildman–Crippen LogP) is 5.72. The third-order valence-electron chi connectivity index (χ3n) is 4.29. The zero-order chi connectivity index (χ0) is 19.3. The van der Waals surface area contributed by atoms with Gasteiger partial charge >= 0.3 is 0 Å². The Labute approximate surface area is 156 Å². The molecule has 1 atom stereocenters. The van der Waals surface area contributed by atoms with Gasteiger partial charge in [-0.05, 0) is 54.2 Å². The molecule has 0 saturated heterocycles. The van der Waals surface area contributed by atoms with Crippen molar-refractivity contribution in [2.75, 3.05) is 0 Å². The highest BCUT2D eigenvalue weighted by Gasteiger charge is 2.15. The molecule has 0 aliphatic rings. The van der Waals surface area contributed by atoms with Gasteiger partial charge in [-0.25, -0.2) is 0 Å². The lowest BCUT2D eigenvalue weighted by atomic mass is 9.86. The van der Waals surface area contributed by atoms with Gasteiger partial charge in [-0.2, -0.15) is 0 Å². The largest absolute Gasteiger partial charge is 0.485 e. The minimum Gasteiger partial charge on any atom is -0.485 e. The van der Waals surface area contributed by atoms with Crippen LogP contribution in [0.4, 0.5) is 0 Å². The van der Waals surface area contributed by atoms with Gasteiger partial charge < -0.3 is 9.47 Å². The van der Waals surface area contributed by atoms with Gasteiger partial charge in [0, 0.05) is 5.56 Å². The van der Waals surface area contributed by atoms with Crippen LogP contribution in [0, 0.1) is 0 Å². The Morgan fingerprint density at radius 3 is 2.50 bits per heavy atom. The van der Waals surface area contributed by atoms with Crippen molar-refractivity contribution in [3.05, 3.63) is 71.3 Å². The maximum Gasteiger partial charge on any atom is 0.162 e. The van der Waals surface area contributed by atoms with Gasteiger partial charge in [0.1, 0.15) is 19.0 Å². The van der Waals surface area contributed by atoms with Crippen LogP contribution < -0.4 is 9.47 Å². The molecule has 0 N–H and O–H groups in total. The fraction of sp³-hybridized carbons (Fsp3) is 0.348. The van der Waals surface area contributed by atoms with Gasteiger partial charge in [-0.1, -0.05) is 51.6 Å². The molecule has 0 saturated carbocycles. The Balaban J connectivity index is 2.22. The van der Waals surface area contributed by atoms with E-state index in [-0.39, 0.29) is 11.5 Å². The minimum absolute atomic E-state index is 0.0820. The summed E-state index contributed by atoms with van der Waals surface area (Å²) in [5.41, 5.74) is 3.89. The van der Waals surface area contributed by atoms with E-state index in [1.807, 2.05) is 26.0 Å². The average molecular weight is 352 g/mol. The van der Waals surface area contributed by atoms with Gasteiger partial charge in [0.2, 0.25) is 0 Å². The van der Waals surface area contributed by atoms with E-state index in [1.54, 1.807) is 18.2 Å². The predicted molar refractivity (Wildman–Crippen MR) is 106 cm³/mol. The van der Waals surface area contributed by atoms with Crippen LogP contribution in [-0.4, -0.2) is 12.4 Å². The lowest BCUT2D eigenvalue weighted by molar-refractivity contribution is 0.112. The second-order valence-electron chi connectivity index (χ2n) is 7.67. The first-order valence-corrected chi connectivity index (χ1v) is 8.84. The second-order valence-corrected chi connectivity index (χ2v) is 7.67. The van der Waals surface area contributed by atoms with Crippen molar-refractivity contribution in [3.63, 3.8) is 0 Å². The molecule has 2 rings (SSSR count). The number of ether oxygens (including phenoxy) is 2. The molecule has 1 unspecified atom stereocenters. The van der Waals surface area contributed by atoms with Crippen LogP contribution in [0.25, 0.3) is 0 Å². The van der Waals surface area contributed by atoms with E-state index in [0.29, 0.717) is 23.7 Å². The van der Waals surface area contributed by atoms with Gasteiger partial charge in [0.05, 0.1) is 0 Å². The topological polar surface area (TPSA) is 35.5 Å². The molecule has 2 aromatic rings. The standard InChI is InChI=1S/C23H28O3/c1-16(2)17(3)26-21-11-10-18(14-24)13-22(21)25-15-19-8-7-9-20(12-19)23(4,5)6/h7-14,17H,1,15H2,2-6H3. The number of rotatable bonds is 7. The monoisotopic (exact) mass is 352 g/mol. The van der Waals surface area contributed by atoms with Crippen LogP contribution in [0.5, 0.6) is 11.5 Å². The zero-order valence-corrected chi connectivity index (χ0v) is 16.3. The number of benzene rings is 2. The molecule has 0 spiro atoms. The highest BCUT2D eigenvalue weighted by molar-refractivity contribution is 5.76. The Morgan fingerprint density at radius 2 is 1.88 bits per heavy atom. The van der Waals surface area contributed by atoms with Crippen molar-refractivity contribution in [1.82, 2.24) is 0 Å². The molecular weight excluding hydrogens is 324 g/mol. The summed E-state index contributed by atoms with van der Waals surface area (Å²) in [5, 5.41) is 0. The number of carbonyl (C=O) groups is 1. The smallest absolute Gasteiger partial charge is 0.162 e. The number of carbonyl (C=O) groups excluding carboxylic acids is 1. The maximum atomic E-state index is 11.1. The summed E-state index contributed by atoms with van der Waals surface area (Å²) in [6.45, 7) is 14.7. The summed E-state index contributed by atoms with van der Waals surface area (Å²) in [4.78, 5) is 11.1. The highest BCUT2D eigenvalue weighted by Crippen LogP contribution is 2.31. The summed E-state index contributed by atoms with van der Waals surface area (Å²) < 4.78 is 11.9. The third kappa shape index (κ3) is 5.22. The quantitative estimate of drug-likeness (QED) is 0.472. The Morgan fingerprint density at radius 1 is 1.15 bits per heavy atom. The van der Waals surface area contributed by atoms with Crippen LogP contribution in [0.15, 0.2) is 54.6 Å². The molecule has 0 radical (unpaired) electrons. The molecule has 138 valence electrons. The average Bonchev–Trinajstić information content (AvgIpc) is 2.60. The molecule has 3 nitrogen and oxygen atoms in total. The SMILES string of the molecule is C=C(C)C(C)Oc1ccc(C=O)cc1OCc1cccc(C(C)(C)C)c1. The van der Waals surface area contributed by atoms with Crippen LogP contribution >= 0.6 is 0 Å². The fourth-order valence-electron chi connectivity index (χ4n) is 2.39. The minimum atomic E-state index is -0.136. The summed E-state index contributed by atoms with van der Waals surface area (Å²) in [7, 11) is 0. The number of hydrogen-bond acceptors (Lipinski definition) is 3. The molecule has 2 aromatic carbocycles. The normalized spacial score (nSPS) is 12.3. The second kappa shape index (κ2) is 8.22. The number of hydrogen-bond donors (Lipinski definition) is 0. The summed E-state index contributed by atoms with van der Waals surface area (Å²) in [6.07, 6.45) is 0.669. The molecule has 0 amide bonds. The van der Waals surface area contributed by atoms with Gasteiger partial charge in [0.15, 0.2) is 11.5 Å². The van der Waals surface area contributed by atoms with Crippen molar-refractivity contribution in [3.8, 4) is 11.5 Å². The van der Waals surface area contributed by atoms with Crippen LogP contribution in [0.3, 0.4) is 0 Å². The van der Waals surface area contributed by atoms with E-state index in [0.717, 1.165) is 17.4 Å². The Bertz CT molecular complexity index is 784. The van der Waals surface area contributed by atoms with Crippen molar-refractivity contribution in [1.29, 1.82) is 0 Å². The van der Waals surface area contributed by atoms with Crippen molar-refractivity contribution in [2.45, 2.75) is 52.7 Å². The Kier molecular flexibility index (Phi) is 6.25. The first-order chi connectivity index (χ1) is 12.2. The van der Waals surface area contributed by atoms with Crippen LogP contribution in [0.1, 0.15) is 56.1 Å². The van der Waals surface area contributed by atoms with E-state index in [2.05, 4.69) is 39.5 Å². The summed E-state index contributed by atoms with van der Waals surface area (Å²) in [6, 6.07) is 13.6. The number of aldehydes is 1. The molecule has 26 heavy (non-hydrogen) atoms. The van der Waals surface area contributed by atoms with Gasteiger partial charge in [-0.3, -0.25) is 4.79 Å². The van der Waals surface area contributed by atoms with E-state index in [9.17, 15) is 4.79 Å². The summed E-state index contributed by atoms with van der Waals surface area (Å²) >= 11 is 0. The van der Waals surface area contributed by atoms with Crippen LogP contribution in [-0.2, 0) is 12.0 Å².